The number of thiophene rings is 1. The molecule has 1 aromatic heterocycles. The Morgan fingerprint density at radius 1 is 0.500 bits per heavy atom. The monoisotopic (exact) mass is 568 g/mol. The van der Waals surface area contributed by atoms with Gasteiger partial charge in [0, 0.05) is 22.2 Å². The summed E-state index contributed by atoms with van der Waals surface area (Å²) in [5, 5.41) is 0. The van der Waals surface area contributed by atoms with Crippen molar-refractivity contribution in [2.24, 2.45) is 9.98 Å². The van der Waals surface area contributed by atoms with E-state index in [1.54, 1.807) is 11.3 Å². The molecule has 2 nitrogen and oxygen atoms in total. The van der Waals surface area contributed by atoms with Crippen LogP contribution in [0.5, 0.6) is 0 Å². The molecule has 0 unspecified atom stereocenters. The topological polar surface area (TPSA) is 24.7 Å². The van der Waals surface area contributed by atoms with Crippen LogP contribution in [0.1, 0.15) is 9.75 Å². The molecule has 0 bridgehead atoms. The van der Waals surface area contributed by atoms with Crippen LogP contribution in [0.4, 0.5) is 11.4 Å². The first-order chi connectivity index (χ1) is 17.7. The van der Waals surface area contributed by atoms with E-state index in [1.165, 1.54) is 22.3 Å². The Morgan fingerprint density at radius 2 is 0.889 bits per heavy atom. The Morgan fingerprint density at radius 3 is 1.31 bits per heavy atom. The number of aliphatic imine (C=N–C) groups is 2. The van der Waals surface area contributed by atoms with Gasteiger partial charge in [-0.2, -0.15) is 0 Å². The van der Waals surface area contributed by atoms with E-state index in [9.17, 15) is 0 Å². The number of halogens is 2. The van der Waals surface area contributed by atoms with Crippen LogP contribution in [0.25, 0.3) is 22.3 Å². The van der Waals surface area contributed by atoms with Gasteiger partial charge in [-0.1, -0.05) is 84.9 Å². The predicted octanol–water partition coefficient (Wildman–Crippen LogP) is 9.96. The molecule has 0 atom stereocenters. The van der Waals surface area contributed by atoms with Crippen LogP contribution >= 0.6 is 31.5 Å². The van der Waals surface area contributed by atoms with E-state index in [0.717, 1.165) is 21.1 Å². The second-order valence-electron chi connectivity index (χ2n) is 7.64. The maximum absolute atomic E-state index is 4.76. The van der Waals surface area contributed by atoms with Gasteiger partial charge in [0.1, 0.15) is 0 Å². The van der Waals surface area contributed by atoms with E-state index in [2.05, 4.69) is 94.9 Å². The van der Waals surface area contributed by atoms with Gasteiger partial charge in [0.2, 0.25) is 0 Å². The van der Waals surface area contributed by atoms with Crippen LogP contribution in [0, 0.1) is 0 Å². The van der Waals surface area contributed by atoms with Crippen LogP contribution in [0.2, 0.25) is 0 Å². The molecule has 180 valence electrons. The summed E-state index contributed by atoms with van der Waals surface area (Å²) in [6.07, 6.45) is 3.84. The quantitative estimate of drug-likeness (QED) is 0.144. The zero-order valence-corrected chi connectivity index (χ0v) is 22.5. The summed E-state index contributed by atoms with van der Waals surface area (Å²) < 4.78 is 0. The summed E-state index contributed by atoms with van der Waals surface area (Å²) in [5.74, 6) is 0. The fraction of sp³-hybridized carbons (Fsp3) is 0. The molecule has 0 saturated carbocycles. The van der Waals surface area contributed by atoms with Crippen molar-refractivity contribution in [2.45, 2.75) is 0 Å². The summed E-state index contributed by atoms with van der Waals surface area (Å²) in [6.45, 7) is 0. The number of benzene rings is 4. The number of rotatable bonds is 6. The van der Waals surface area contributed by atoms with Crippen LogP contribution in [0.15, 0.2) is 131 Å². The Bertz CT molecular complexity index is 1330. The summed E-state index contributed by atoms with van der Waals surface area (Å²) in [4.78, 5) is 11.6. The molecule has 0 radical (unpaired) electrons. The molecule has 0 amide bonds. The van der Waals surface area contributed by atoms with Crippen molar-refractivity contribution in [1.29, 1.82) is 0 Å². The zero-order valence-electron chi connectivity index (χ0n) is 19.1. The van der Waals surface area contributed by atoms with Crippen molar-refractivity contribution in [1.82, 2.24) is 0 Å². The molecule has 1 heterocycles. The minimum atomic E-state index is 0.194. The molecule has 0 saturated heterocycles. The van der Waals surface area contributed by atoms with E-state index in [4.69, 9.17) is 20.2 Å². The average Bonchev–Trinajstić information content (AvgIpc) is 3.40. The summed E-state index contributed by atoms with van der Waals surface area (Å²) >= 11 is 1.87. The second-order valence-corrected chi connectivity index (χ2v) is 10.6. The third-order valence-electron chi connectivity index (χ3n) is 5.24. The standard InChI is InChI=1S/C30H22N2S.2ClH.Fe/c1-3-9-23(10-4-1)25-13-7-15-27(19-25)31-21-29-17-18-30(33-29)22-32-28-16-8-14-26(20-28)24-11-5-2-6-12-24;;;/h1-22H;2*1H;/q;;;+2/p-2. The molecule has 0 N–H and O–H groups in total. The van der Waals surface area contributed by atoms with E-state index >= 15 is 0 Å². The van der Waals surface area contributed by atoms with Crippen LogP contribution < -0.4 is 0 Å². The zero-order chi connectivity index (χ0) is 25.0. The van der Waals surface area contributed by atoms with E-state index in [0.29, 0.717) is 0 Å². The average molecular weight is 569 g/mol. The predicted molar refractivity (Wildman–Crippen MR) is 154 cm³/mol. The van der Waals surface area contributed by atoms with Crippen molar-refractivity contribution in [3.8, 4) is 22.3 Å². The minimum absolute atomic E-state index is 0.194. The Hall–Kier alpha value is -2.98. The van der Waals surface area contributed by atoms with Gasteiger partial charge in [-0.25, -0.2) is 0 Å². The second kappa shape index (κ2) is 13.9. The Balaban J connectivity index is 0.000000967. The molecule has 6 heteroatoms. The van der Waals surface area contributed by atoms with Crippen molar-refractivity contribution in [3.63, 3.8) is 0 Å². The molecule has 0 spiro atoms. The van der Waals surface area contributed by atoms with Gasteiger partial charge in [-0.05, 0) is 58.7 Å². The third-order valence-corrected chi connectivity index (χ3v) is 6.19. The van der Waals surface area contributed by atoms with Gasteiger partial charge < -0.3 is 0 Å². The molecule has 5 rings (SSSR count). The molecule has 36 heavy (non-hydrogen) atoms. The van der Waals surface area contributed by atoms with Crippen LogP contribution in [-0.4, -0.2) is 12.4 Å². The molecule has 0 aliphatic rings. The molecular formula is C30H22Cl2FeN2S. The van der Waals surface area contributed by atoms with Gasteiger partial charge in [0.25, 0.3) is 0 Å². The first kappa shape index (κ1) is 26.1. The third kappa shape index (κ3) is 7.76. The van der Waals surface area contributed by atoms with E-state index in [-0.39, 0.29) is 13.1 Å². The fourth-order valence-corrected chi connectivity index (χ4v) is 4.33. The van der Waals surface area contributed by atoms with Gasteiger partial charge in [0.15, 0.2) is 0 Å². The number of hydrogen-bond donors (Lipinski definition) is 0. The van der Waals surface area contributed by atoms with Gasteiger partial charge in [0.05, 0.1) is 11.4 Å². The van der Waals surface area contributed by atoms with Crippen molar-refractivity contribution in [2.75, 3.05) is 0 Å². The number of hydrogen-bond acceptors (Lipinski definition) is 3. The molecular weight excluding hydrogens is 547 g/mol. The normalized spacial score (nSPS) is 11.1. The summed E-state index contributed by atoms with van der Waals surface area (Å²) in [5.41, 5.74) is 6.61. The number of nitrogens with zero attached hydrogens (tertiary/aromatic N) is 2. The van der Waals surface area contributed by atoms with Gasteiger partial charge >= 0.3 is 33.3 Å². The molecule has 0 aliphatic carbocycles. The molecule has 0 aliphatic heterocycles. The summed E-state index contributed by atoms with van der Waals surface area (Å²) in [6, 6.07) is 41.5. The first-order valence-corrected chi connectivity index (χ1v) is 14.9. The molecule has 0 fully saturated rings. The molecule has 5 aromatic rings. The van der Waals surface area contributed by atoms with E-state index in [1.807, 2.05) is 48.8 Å². The van der Waals surface area contributed by atoms with Crippen molar-refractivity contribution in [3.05, 3.63) is 131 Å². The fourth-order valence-electron chi connectivity index (χ4n) is 3.58. The maximum atomic E-state index is 4.76. The Kier molecular flexibility index (Phi) is 10.1. The summed E-state index contributed by atoms with van der Waals surface area (Å²) in [7, 11) is 9.53. The SMILES string of the molecule is C(=Nc1cccc(-c2ccccc2)c1)c1ccc(C=Nc2cccc(-c3ccccc3)c2)s1.[Cl][Fe][Cl]. The first-order valence-electron chi connectivity index (χ1n) is 11.1. The van der Waals surface area contributed by atoms with Crippen molar-refractivity contribution < 1.29 is 13.1 Å². The van der Waals surface area contributed by atoms with Crippen LogP contribution in [-0.2, 0) is 13.1 Å². The van der Waals surface area contributed by atoms with Crippen molar-refractivity contribution >= 4 is 55.3 Å². The van der Waals surface area contributed by atoms with Crippen LogP contribution in [0.3, 0.4) is 0 Å². The van der Waals surface area contributed by atoms with Gasteiger partial charge in [-0.3, -0.25) is 9.98 Å². The van der Waals surface area contributed by atoms with E-state index < -0.39 is 0 Å². The Labute approximate surface area is 230 Å². The van der Waals surface area contributed by atoms with Gasteiger partial charge in [-0.15, -0.1) is 11.3 Å². The molecule has 4 aromatic carbocycles.